The van der Waals surface area contributed by atoms with Crippen LogP contribution in [0.4, 0.5) is 4.39 Å². The second kappa shape index (κ2) is 6.06. The number of nitrogens with zero attached hydrogens (tertiary/aromatic N) is 1. The molecule has 0 aliphatic heterocycles. The summed E-state index contributed by atoms with van der Waals surface area (Å²) in [6.07, 6.45) is 0. The number of ketones is 1. The summed E-state index contributed by atoms with van der Waals surface area (Å²) in [5.41, 5.74) is -0.0356. The van der Waals surface area contributed by atoms with Crippen molar-refractivity contribution in [2.75, 3.05) is 0 Å². The van der Waals surface area contributed by atoms with Crippen molar-refractivity contribution in [3.05, 3.63) is 22.2 Å². The summed E-state index contributed by atoms with van der Waals surface area (Å²) in [5.74, 6) is -0.718. The van der Waals surface area contributed by atoms with Crippen molar-refractivity contribution in [2.45, 2.75) is 45.8 Å². The molecule has 5 heteroatoms. The Hall–Kier alpha value is -0.553. The van der Waals surface area contributed by atoms with Crippen molar-refractivity contribution in [3.8, 4) is 0 Å². The number of hydrogen-bond donors (Lipinski definition) is 0. The number of aromatic nitrogens is 1. The van der Waals surface area contributed by atoms with E-state index in [9.17, 15) is 9.18 Å². The van der Waals surface area contributed by atoms with Gasteiger partial charge in [0.15, 0.2) is 11.6 Å². The Balaban J connectivity index is 3.53. The molecular formula is C13H19BrFNOSi. The van der Waals surface area contributed by atoms with Gasteiger partial charge in [-0.15, -0.1) is 0 Å². The molecule has 2 nitrogen and oxygen atoms in total. The summed E-state index contributed by atoms with van der Waals surface area (Å²) in [4.78, 5) is 15.4. The third kappa shape index (κ3) is 2.72. The van der Waals surface area contributed by atoms with Gasteiger partial charge >= 0.3 is 0 Å². The first-order chi connectivity index (χ1) is 8.41. The monoisotopic (exact) mass is 331 g/mol. The molecule has 0 amide bonds. The third-order valence-corrected chi connectivity index (χ3v) is 9.84. The van der Waals surface area contributed by atoms with Crippen LogP contribution in [-0.4, -0.2) is 18.8 Å². The van der Waals surface area contributed by atoms with Gasteiger partial charge in [-0.3, -0.25) is 4.79 Å². The van der Waals surface area contributed by atoms with E-state index in [0.717, 1.165) is 23.3 Å². The largest absolute Gasteiger partial charge is 0.293 e. The molecule has 0 radical (unpaired) electrons. The molecule has 1 rings (SSSR count). The molecule has 1 aromatic rings. The highest BCUT2D eigenvalue weighted by molar-refractivity contribution is 9.10. The van der Waals surface area contributed by atoms with Gasteiger partial charge in [0, 0.05) is 6.92 Å². The van der Waals surface area contributed by atoms with E-state index in [1.54, 1.807) is 6.07 Å². The highest BCUT2D eigenvalue weighted by Gasteiger charge is 2.34. The van der Waals surface area contributed by atoms with Crippen LogP contribution in [0.1, 0.15) is 38.2 Å². The van der Waals surface area contributed by atoms with Crippen LogP contribution in [-0.2, 0) is 0 Å². The minimum Gasteiger partial charge on any atom is -0.293 e. The van der Waals surface area contributed by atoms with Gasteiger partial charge in [0.1, 0.15) is 10.3 Å². The lowest BCUT2D eigenvalue weighted by Crippen LogP contribution is -2.48. The molecule has 1 heterocycles. The standard InChI is InChI=1S/C13H19BrFNOSi/c1-5-18(6-2,7-3)10-8-11(14)16-13(9(4)17)12(10)15/h8H,5-7H2,1-4H3. The fraction of sp³-hybridized carbons (Fsp3) is 0.538. The number of carbonyl (C=O) groups excluding carboxylic acids is 1. The Labute approximate surface area is 117 Å². The Bertz CT molecular complexity index is 452. The normalized spacial score (nSPS) is 11.7. The topological polar surface area (TPSA) is 30.0 Å². The van der Waals surface area contributed by atoms with Crippen LogP contribution in [0.25, 0.3) is 0 Å². The van der Waals surface area contributed by atoms with Crippen LogP contribution < -0.4 is 5.19 Å². The van der Waals surface area contributed by atoms with E-state index in [2.05, 4.69) is 41.7 Å². The van der Waals surface area contributed by atoms with Gasteiger partial charge in [-0.1, -0.05) is 38.9 Å². The number of rotatable bonds is 5. The van der Waals surface area contributed by atoms with Crippen molar-refractivity contribution in [1.82, 2.24) is 4.98 Å². The molecule has 0 saturated heterocycles. The van der Waals surface area contributed by atoms with E-state index in [-0.39, 0.29) is 11.5 Å². The fourth-order valence-corrected chi connectivity index (χ4v) is 6.73. The number of carbonyl (C=O) groups is 1. The van der Waals surface area contributed by atoms with Crippen molar-refractivity contribution >= 4 is 35.0 Å². The summed E-state index contributed by atoms with van der Waals surface area (Å²) in [5, 5.41) is 0.738. The van der Waals surface area contributed by atoms with Crippen LogP contribution in [0, 0.1) is 5.82 Å². The number of Topliss-reactive ketones (excluding diaryl/α,β-unsaturated/α-hetero) is 1. The molecule has 1 aromatic heterocycles. The highest BCUT2D eigenvalue weighted by Crippen LogP contribution is 2.24. The lowest BCUT2D eigenvalue weighted by atomic mass is 10.2. The van der Waals surface area contributed by atoms with Gasteiger partial charge in [0.2, 0.25) is 0 Å². The molecule has 0 bridgehead atoms. The predicted molar refractivity (Wildman–Crippen MR) is 78.7 cm³/mol. The van der Waals surface area contributed by atoms with Gasteiger partial charge < -0.3 is 0 Å². The van der Waals surface area contributed by atoms with Crippen molar-refractivity contribution < 1.29 is 9.18 Å². The van der Waals surface area contributed by atoms with Crippen LogP contribution in [0.5, 0.6) is 0 Å². The number of halogens is 2. The molecule has 18 heavy (non-hydrogen) atoms. The third-order valence-electron chi connectivity index (χ3n) is 3.86. The maximum absolute atomic E-state index is 14.5. The van der Waals surface area contributed by atoms with Crippen LogP contribution in [0.3, 0.4) is 0 Å². The quantitative estimate of drug-likeness (QED) is 0.465. The lowest BCUT2D eigenvalue weighted by Gasteiger charge is -2.29. The molecule has 0 aliphatic rings. The highest BCUT2D eigenvalue weighted by atomic mass is 79.9. The van der Waals surface area contributed by atoms with Crippen LogP contribution >= 0.6 is 15.9 Å². The summed E-state index contributed by atoms with van der Waals surface area (Å²) in [6, 6.07) is 4.70. The summed E-state index contributed by atoms with van der Waals surface area (Å²) < 4.78 is 15.0. The van der Waals surface area contributed by atoms with Gasteiger partial charge in [0.25, 0.3) is 0 Å². The van der Waals surface area contributed by atoms with Crippen molar-refractivity contribution in [3.63, 3.8) is 0 Å². The van der Waals surface area contributed by atoms with Crippen molar-refractivity contribution in [2.24, 2.45) is 0 Å². The van der Waals surface area contributed by atoms with Crippen LogP contribution in [0.15, 0.2) is 10.7 Å². The summed E-state index contributed by atoms with van der Waals surface area (Å²) in [7, 11) is -1.84. The molecule has 0 aliphatic carbocycles. The minimum absolute atomic E-state index is 0.0356. The Morgan fingerprint density at radius 1 is 1.33 bits per heavy atom. The minimum atomic E-state index is -1.84. The molecule has 100 valence electrons. The molecule has 0 unspecified atom stereocenters. The molecule has 0 saturated carbocycles. The van der Waals surface area contributed by atoms with E-state index in [0.29, 0.717) is 4.60 Å². The van der Waals surface area contributed by atoms with E-state index in [4.69, 9.17) is 0 Å². The molecule has 0 atom stereocenters. The lowest BCUT2D eigenvalue weighted by molar-refractivity contribution is 0.100. The first-order valence-electron chi connectivity index (χ1n) is 6.29. The predicted octanol–water partition coefficient (Wildman–Crippen LogP) is 3.90. The Morgan fingerprint density at radius 2 is 1.83 bits per heavy atom. The van der Waals surface area contributed by atoms with Gasteiger partial charge in [-0.25, -0.2) is 9.37 Å². The first kappa shape index (κ1) is 15.5. The number of hydrogen-bond acceptors (Lipinski definition) is 2. The zero-order valence-electron chi connectivity index (χ0n) is 11.3. The van der Waals surface area contributed by atoms with Crippen LogP contribution in [0.2, 0.25) is 18.1 Å². The fourth-order valence-electron chi connectivity index (χ4n) is 2.44. The zero-order chi connectivity index (χ0) is 13.9. The molecule has 0 spiro atoms. The number of pyridine rings is 1. The maximum Gasteiger partial charge on any atom is 0.181 e. The van der Waals surface area contributed by atoms with Gasteiger partial charge in [0.05, 0.1) is 8.07 Å². The second-order valence-corrected chi connectivity index (χ2v) is 10.6. The van der Waals surface area contributed by atoms with E-state index < -0.39 is 13.9 Å². The molecule has 0 fully saturated rings. The first-order valence-corrected chi connectivity index (χ1v) is 9.70. The van der Waals surface area contributed by atoms with Crippen molar-refractivity contribution in [1.29, 1.82) is 0 Å². The van der Waals surface area contributed by atoms with E-state index in [1.165, 1.54) is 6.92 Å². The summed E-state index contributed by atoms with van der Waals surface area (Å²) >= 11 is 3.29. The molecule has 0 N–H and O–H groups in total. The Kier molecular flexibility index (Phi) is 5.22. The summed E-state index contributed by atoms with van der Waals surface area (Å²) in [6.45, 7) is 7.69. The second-order valence-electron chi connectivity index (χ2n) is 4.55. The van der Waals surface area contributed by atoms with Gasteiger partial charge in [-0.05, 0) is 27.2 Å². The average molecular weight is 332 g/mol. The Morgan fingerprint density at radius 3 is 2.22 bits per heavy atom. The maximum atomic E-state index is 14.5. The molecular weight excluding hydrogens is 313 g/mol. The average Bonchev–Trinajstić information content (AvgIpc) is 2.35. The van der Waals surface area contributed by atoms with E-state index in [1.807, 2.05) is 0 Å². The SMILES string of the molecule is CC[Si](CC)(CC)c1cc(Br)nc(C(C)=O)c1F. The zero-order valence-corrected chi connectivity index (χ0v) is 13.9. The van der Waals surface area contributed by atoms with E-state index >= 15 is 0 Å². The smallest absolute Gasteiger partial charge is 0.181 e. The molecule has 0 aromatic carbocycles. The van der Waals surface area contributed by atoms with Gasteiger partial charge in [-0.2, -0.15) is 0 Å².